The molecule has 98 valence electrons. The van der Waals surface area contributed by atoms with Crippen LogP contribution >= 0.6 is 0 Å². The van der Waals surface area contributed by atoms with Crippen molar-refractivity contribution in [3.05, 3.63) is 0 Å². The Balaban J connectivity index is 0.000000385. The summed E-state index contributed by atoms with van der Waals surface area (Å²) in [5.74, 6) is 0. The molecule has 0 amide bonds. The Kier molecular flexibility index (Phi) is 6.33. The van der Waals surface area contributed by atoms with Crippen molar-refractivity contribution in [3.63, 3.8) is 0 Å². The molecule has 0 bridgehead atoms. The molecule has 1 rings (SSSR count). The number of hydroxylamine groups is 2. The van der Waals surface area contributed by atoms with Gasteiger partial charge >= 0.3 is 10.4 Å². The molecule has 16 heavy (non-hydrogen) atoms. The molecular formula is C7H18N2O6S. The Hall–Kier alpha value is -0.290. The number of rotatable bonds is 2. The van der Waals surface area contributed by atoms with Crippen LogP contribution in [-0.4, -0.2) is 39.5 Å². The highest BCUT2D eigenvalue weighted by atomic mass is 32.3. The molecule has 1 aliphatic rings. The SMILES string of the molecule is C[C@]1(NO)CCCC[C@H]1NO.O=S(=O)(O)O. The van der Waals surface area contributed by atoms with Gasteiger partial charge in [0.15, 0.2) is 0 Å². The predicted molar refractivity (Wildman–Crippen MR) is 54.7 cm³/mol. The van der Waals surface area contributed by atoms with Crippen molar-refractivity contribution >= 4 is 10.4 Å². The van der Waals surface area contributed by atoms with Gasteiger partial charge in [0, 0.05) is 0 Å². The summed E-state index contributed by atoms with van der Waals surface area (Å²) >= 11 is 0. The van der Waals surface area contributed by atoms with E-state index < -0.39 is 10.4 Å². The lowest BCUT2D eigenvalue weighted by Gasteiger charge is -2.39. The van der Waals surface area contributed by atoms with E-state index in [0.29, 0.717) is 0 Å². The monoisotopic (exact) mass is 258 g/mol. The molecule has 8 nitrogen and oxygen atoms in total. The van der Waals surface area contributed by atoms with Gasteiger partial charge in [-0.2, -0.15) is 13.9 Å². The second-order valence-corrected chi connectivity index (χ2v) is 4.80. The predicted octanol–water partition coefficient (Wildman–Crippen LogP) is -0.00750. The minimum absolute atomic E-state index is 0.0405. The van der Waals surface area contributed by atoms with E-state index >= 15 is 0 Å². The van der Waals surface area contributed by atoms with Crippen LogP contribution in [0, 0.1) is 0 Å². The van der Waals surface area contributed by atoms with Crippen LogP contribution in [0.1, 0.15) is 32.6 Å². The molecule has 1 saturated carbocycles. The first kappa shape index (κ1) is 15.7. The summed E-state index contributed by atoms with van der Waals surface area (Å²) in [6, 6.07) is -0.0405. The van der Waals surface area contributed by atoms with E-state index in [1.165, 1.54) is 0 Å². The van der Waals surface area contributed by atoms with E-state index in [0.717, 1.165) is 25.7 Å². The molecule has 1 fully saturated rings. The Morgan fingerprint density at radius 2 is 1.75 bits per heavy atom. The lowest BCUT2D eigenvalue weighted by atomic mass is 9.80. The van der Waals surface area contributed by atoms with Gasteiger partial charge in [-0.1, -0.05) is 12.8 Å². The maximum absolute atomic E-state index is 8.85. The molecule has 6 N–H and O–H groups in total. The van der Waals surface area contributed by atoms with Gasteiger partial charge < -0.3 is 10.4 Å². The fourth-order valence-electron chi connectivity index (χ4n) is 1.67. The Morgan fingerprint density at radius 1 is 1.25 bits per heavy atom. The molecule has 1 aliphatic carbocycles. The minimum atomic E-state index is -4.67. The van der Waals surface area contributed by atoms with Crippen LogP contribution in [0.5, 0.6) is 0 Å². The van der Waals surface area contributed by atoms with Gasteiger partial charge in [0.2, 0.25) is 0 Å². The maximum Gasteiger partial charge on any atom is 0.394 e. The largest absolute Gasteiger partial charge is 0.394 e. The smallest absolute Gasteiger partial charge is 0.316 e. The number of hydrogen-bond acceptors (Lipinski definition) is 6. The van der Waals surface area contributed by atoms with Gasteiger partial charge in [-0.15, -0.1) is 0 Å². The van der Waals surface area contributed by atoms with Crippen molar-refractivity contribution in [2.24, 2.45) is 0 Å². The van der Waals surface area contributed by atoms with Crippen LogP contribution in [0.3, 0.4) is 0 Å². The fraction of sp³-hybridized carbons (Fsp3) is 1.00. The summed E-state index contributed by atoms with van der Waals surface area (Å²) in [6.07, 6.45) is 4.00. The molecule has 0 unspecified atom stereocenters. The first-order valence-corrected chi connectivity index (χ1v) is 6.13. The standard InChI is InChI=1S/C7H16N2O2.H2O4S/c1-7(9-11)5-3-2-4-6(7)8-10;1-5(2,3)4/h6,8-11H,2-5H2,1H3;(H2,1,2,3,4)/t6-,7+;/m1./s1. The normalized spacial score (nSPS) is 30.4. The summed E-state index contributed by atoms with van der Waals surface area (Å²) in [5.41, 5.74) is 4.11. The lowest BCUT2D eigenvalue weighted by molar-refractivity contribution is -0.0175. The average Bonchev–Trinajstić information content (AvgIpc) is 2.16. The second-order valence-electron chi connectivity index (χ2n) is 3.90. The third-order valence-corrected chi connectivity index (χ3v) is 2.62. The van der Waals surface area contributed by atoms with Crippen molar-refractivity contribution in [3.8, 4) is 0 Å². The average molecular weight is 258 g/mol. The molecule has 0 aromatic carbocycles. The van der Waals surface area contributed by atoms with E-state index in [4.69, 9.17) is 27.9 Å². The van der Waals surface area contributed by atoms with Crippen molar-refractivity contribution in [2.75, 3.05) is 0 Å². The zero-order valence-electron chi connectivity index (χ0n) is 8.92. The number of nitrogens with one attached hydrogen (secondary N) is 2. The molecule has 0 spiro atoms. The van der Waals surface area contributed by atoms with Gasteiger partial charge in [-0.05, 0) is 19.8 Å². The molecule has 2 atom stereocenters. The highest BCUT2D eigenvalue weighted by Gasteiger charge is 2.35. The minimum Gasteiger partial charge on any atom is -0.316 e. The van der Waals surface area contributed by atoms with Crippen LogP contribution in [0.4, 0.5) is 0 Å². The van der Waals surface area contributed by atoms with Crippen LogP contribution in [-0.2, 0) is 10.4 Å². The van der Waals surface area contributed by atoms with Crippen LogP contribution in [0.25, 0.3) is 0 Å². The second kappa shape index (κ2) is 6.45. The van der Waals surface area contributed by atoms with Gasteiger partial charge in [0.1, 0.15) is 0 Å². The topological polar surface area (TPSA) is 139 Å². The quantitative estimate of drug-likeness (QED) is 0.300. The molecule has 0 aromatic rings. The van der Waals surface area contributed by atoms with Crippen LogP contribution < -0.4 is 11.0 Å². The Labute approximate surface area is 94.2 Å². The summed E-state index contributed by atoms with van der Waals surface area (Å²) in [5, 5.41) is 17.6. The Bertz CT molecular complexity index is 287. The lowest BCUT2D eigenvalue weighted by Crippen LogP contribution is -2.57. The van der Waals surface area contributed by atoms with Crippen molar-refractivity contribution in [2.45, 2.75) is 44.2 Å². The summed E-state index contributed by atoms with van der Waals surface area (Å²) in [7, 11) is -4.67. The first-order valence-electron chi connectivity index (χ1n) is 4.73. The molecule has 9 heteroatoms. The van der Waals surface area contributed by atoms with Crippen molar-refractivity contribution in [1.29, 1.82) is 0 Å². The van der Waals surface area contributed by atoms with E-state index in [1.54, 1.807) is 0 Å². The van der Waals surface area contributed by atoms with Crippen LogP contribution in [0.2, 0.25) is 0 Å². The first-order chi connectivity index (χ1) is 7.23. The van der Waals surface area contributed by atoms with Gasteiger partial charge in [0.25, 0.3) is 0 Å². The van der Waals surface area contributed by atoms with Crippen LogP contribution in [0.15, 0.2) is 0 Å². The highest BCUT2D eigenvalue weighted by molar-refractivity contribution is 7.79. The van der Waals surface area contributed by atoms with E-state index in [2.05, 4.69) is 11.0 Å². The molecule has 0 aliphatic heterocycles. The summed E-state index contributed by atoms with van der Waals surface area (Å²) in [4.78, 5) is 0. The Morgan fingerprint density at radius 3 is 2.06 bits per heavy atom. The van der Waals surface area contributed by atoms with Crippen molar-refractivity contribution < 1.29 is 27.9 Å². The molecular weight excluding hydrogens is 240 g/mol. The van der Waals surface area contributed by atoms with Gasteiger partial charge in [0.05, 0.1) is 11.6 Å². The van der Waals surface area contributed by atoms with E-state index in [1.807, 2.05) is 6.92 Å². The molecule has 0 saturated heterocycles. The van der Waals surface area contributed by atoms with E-state index in [-0.39, 0.29) is 11.6 Å². The number of hydrogen-bond donors (Lipinski definition) is 6. The van der Waals surface area contributed by atoms with E-state index in [9.17, 15) is 0 Å². The fourth-order valence-corrected chi connectivity index (χ4v) is 1.67. The van der Waals surface area contributed by atoms with Gasteiger partial charge in [-0.3, -0.25) is 9.11 Å². The third kappa shape index (κ3) is 6.33. The molecule has 0 aromatic heterocycles. The van der Waals surface area contributed by atoms with Crippen molar-refractivity contribution in [1.82, 2.24) is 11.0 Å². The zero-order valence-corrected chi connectivity index (χ0v) is 9.74. The zero-order chi connectivity index (χ0) is 12.8. The maximum atomic E-state index is 8.85. The molecule has 0 heterocycles. The highest BCUT2D eigenvalue weighted by Crippen LogP contribution is 2.27. The summed E-state index contributed by atoms with van der Waals surface area (Å²) < 4.78 is 31.6. The van der Waals surface area contributed by atoms with Gasteiger partial charge in [-0.25, -0.2) is 5.48 Å². The molecule has 0 radical (unpaired) electrons. The summed E-state index contributed by atoms with van der Waals surface area (Å²) in [6.45, 7) is 1.90. The third-order valence-electron chi connectivity index (χ3n) is 2.62.